The van der Waals surface area contributed by atoms with Gasteiger partial charge in [-0.25, -0.2) is 9.97 Å². The minimum Gasteiger partial charge on any atom is -0.396 e. The first-order valence-corrected chi connectivity index (χ1v) is 8.64. The lowest BCUT2D eigenvalue weighted by Crippen LogP contribution is -2.19. The van der Waals surface area contributed by atoms with Crippen LogP contribution in [-0.2, 0) is 5.41 Å². The summed E-state index contributed by atoms with van der Waals surface area (Å²) in [5, 5.41) is 13.6. The zero-order valence-corrected chi connectivity index (χ0v) is 15.0. The van der Waals surface area contributed by atoms with Crippen molar-refractivity contribution in [2.24, 2.45) is 5.92 Å². The van der Waals surface area contributed by atoms with E-state index in [2.05, 4.69) is 39.9 Å². The Labute approximate surface area is 133 Å². The van der Waals surface area contributed by atoms with Gasteiger partial charge < -0.3 is 10.4 Å². The molecule has 2 N–H and O–H groups in total. The molecule has 1 atom stereocenters. The summed E-state index contributed by atoms with van der Waals surface area (Å²) in [5.41, 5.74) is 1.03. The molecule has 1 aromatic heterocycles. The molecule has 120 valence electrons. The zero-order valence-electron chi connectivity index (χ0n) is 14.2. The topological polar surface area (TPSA) is 58.0 Å². The van der Waals surface area contributed by atoms with Crippen molar-refractivity contribution in [1.29, 1.82) is 0 Å². The lowest BCUT2D eigenvalue weighted by Gasteiger charge is -2.21. The van der Waals surface area contributed by atoms with Gasteiger partial charge >= 0.3 is 0 Å². The maximum Gasteiger partial charge on any atom is 0.137 e. The Morgan fingerprint density at radius 2 is 1.95 bits per heavy atom. The van der Waals surface area contributed by atoms with Crippen molar-refractivity contribution in [3.05, 3.63) is 11.4 Å². The van der Waals surface area contributed by atoms with E-state index >= 15 is 0 Å². The Bertz CT molecular complexity index is 458. The Morgan fingerprint density at radius 3 is 2.48 bits per heavy atom. The van der Waals surface area contributed by atoms with E-state index < -0.39 is 0 Å². The normalized spacial score (nSPS) is 13.3. The molecule has 21 heavy (non-hydrogen) atoms. The third kappa shape index (κ3) is 5.47. The maximum atomic E-state index is 9.18. The minimum absolute atomic E-state index is 0.0751. The molecule has 4 nitrogen and oxygen atoms in total. The molecule has 0 aliphatic rings. The van der Waals surface area contributed by atoms with Crippen LogP contribution in [0.3, 0.4) is 0 Å². The van der Waals surface area contributed by atoms with Crippen LogP contribution in [-0.4, -0.2) is 34.0 Å². The van der Waals surface area contributed by atoms with Crippen molar-refractivity contribution in [1.82, 2.24) is 9.97 Å². The molecule has 0 aliphatic heterocycles. The van der Waals surface area contributed by atoms with E-state index in [9.17, 15) is 5.11 Å². The molecule has 0 fully saturated rings. The predicted octanol–water partition coefficient (Wildman–Crippen LogP) is 3.62. The molecule has 1 unspecified atom stereocenters. The number of rotatable bonds is 7. The SMILES string of the molecule is CCCNc1nc(C(C)(C)C)nc(SCC(C)CO)c1C. The van der Waals surface area contributed by atoms with Crippen LogP contribution in [0, 0.1) is 12.8 Å². The van der Waals surface area contributed by atoms with E-state index in [1.165, 1.54) is 0 Å². The fourth-order valence-electron chi connectivity index (χ4n) is 1.66. The zero-order chi connectivity index (χ0) is 16.0. The number of nitrogens with one attached hydrogen (secondary N) is 1. The van der Waals surface area contributed by atoms with Gasteiger partial charge in [-0.3, -0.25) is 0 Å². The second-order valence-electron chi connectivity index (χ2n) is 6.60. The van der Waals surface area contributed by atoms with Crippen LogP contribution < -0.4 is 5.32 Å². The number of aliphatic hydroxyl groups excluding tert-OH is 1. The van der Waals surface area contributed by atoms with Crippen LogP contribution in [0.4, 0.5) is 5.82 Å². The lowest BCUT2D eigenvalue weighted by molar-refractivity contribution is 0.250. The standard InChI is InChI=1S/C16H29N3OS/c1-7-8-17-13-12(3)14(21-10-11(2)9-20)19-15(18-13)16(4,5)6/h11,20H,7-10H2,1-6H3,(H,17,18,19). The van der Waals surface area contributed by atoms with Crippen molar-refractivity contribution < 1.29 is 5.11 Å². The van der Waals surface area contributed by atoms with Crippen molar-refractivity contribution in [3.8, 4) is 0 Å². The van der Waals surface area contributed by atoms with Gasteiger partial charge in [0.1, 0.15) is 16.7 Å². The first-order valence-electron chi connectivity index (χ1n) is 7.66. The number of hydrogen-bond donors (Lipinski definition) is 2. The summed E-state index contributed by atoms with van der Waals surface area (Å²) in [5.74, 6) is 2.95. The summed E-state index contributed by atoms with van der Waals surface area (Å²) in [6, 6.07) is 0. The molecular weight excluding hydrogens is 282 g/mol. The summed E-state index contributed by atoms with van der Waals surface area (Å²) in [6.45, 7) is 13.8. The van der Waals surface area contributed by atoms with Crippen LogP contribution in [0.5, 0.6) is 0 Å². The number of aromatic nitrogens is 2. The fourth-order valence-corrected chi connectivity index (χ4v) is 2.67. The summed E-state index contributed by atoms with van der Waals surface area (Å²) in [4.78, 5) is 9.45. The molecule has 0 aromatic carbocycles. The van der Waals surface area contributed by atoms with Crippen molar-refractivity contribution in [2.75, 3.05) is 24.2 Å². The molecule has 5 heteroatoms. The quantitative estimate of drug-likeness (QED) is 0.595. The Hall–Kier alpha value is -0.810. The molecule has 0 amide bonds. The number of nitrogens with zero attached hydrogens (tertiary/aromatic N) is 2. The number of thioether (sulfide) groups is 1. The van der Waals surface area contributed by atoms with E-state index in [1.807, 2.05) is 6.92 Å². The lowest BCUT2D eigenvalue weighted by atomic mass is 9.95. The molecule has 1 aromatic rings. The number of hydrogen-bond acceptors (Lipinski definition) is 5. The van der Waals surface area contributed by atoms with Crippen LogP contribution in [0.15, 0.2) is 5.03 Å². The van der Waals surface area contributed by atoms with Gasteiger partial charge in [-0.05, 0) is 19.3 Å². The third-order valence-electron chi connectivity index (χ3n) is 3.13. The average molecular weight is 311 g/mol. The third-order valence-corrected chi connectivity index (χ3v) is 4.54. The van der Waals surface area contributed by atoms with Gasteiger partial charge in [0.25, 0.3) is 0 Å². The van der Waals surface area contributed by atoms with E-state index in [0.717, 1.165) is 41.0 Å². The van der Waals surface area contributed by atoms with Gasteiger partial charge in [0.2, 0.25) is 0 Å². The Balaban J connectivity index is 3.08. The second-order valence-corrected chi connectivity index (χ2v) is 7.61. The summed E-state index contributed by atoms with van der Waals surface area (Å²) < 4.78 is 0. The summed E-state index contributed by atoms with van der Waals surface area (Å²) >= 11 is 1.71. The maximum absolute atomic E-state index is 9.18. The monoisotopic (exact) mass is 311 g/mol. The van der Waals surface area contributed by atoms with E-state index in [1.54, 1.807) is 11.8 Å². The van der Waals surface area contributed by atoms with Crippen LogP contribution in [0.2, 0.25) is 0 Å². The molecule has 0 aliphatic carbocycles. The molecule has 0 saturated heterocycles. The molecule has 1 rings (SSSR count). The molecule has 0 spiro atoms. The predicted molar refractivity (Wildman–Crippen MR) is 91.2 cm³/mol. The van der Waals surface area contributed by atoms with Gasteiger partial charge in [-0.15, -0.1) is 11.8 Å². The Morgan fingerprint density at radius 1 is 1.29 bits per heavy atom. The highest BCUT2D eigenvalue weighted by atomic mass is 32.2. The van der Waals surface area contributed by atoms with Crippen LogP contribution in [0.1, 0.15) is 52.4 Å². The smallest absolute Gasteiger partial charge is 0.137 e. The molecule has 1 heterocycles. The highest BCUT2D eigenvalue weighted by Crippen LogP contribution is 2.30. The largest absolute Gasteiger partial charge is 0.396 e. The van der Waals surface area contributed by atoms with E-state index in [-0.39, 0.29) is 17.9 Å². The number of aliphatic hydroxyl groups is 1. The van der Waals surface area contributed by atoms with Gasteiger partial charge in [-0.2, -0.15) is 0 Å². The van der Waals surface area contributed by atoms with Gasteiger partial charge in [-0.1, -0.05) is 34.6 Å². The highest BCUT2D eigenvalue weighted by Gasteiger charge is 2.21. The fraction of sp³-hybridized carbons (Fsp3) is 0.750. The molecule has 0 radical (unpaired) electrons. The molecule has 0 bridgehead atoms. The average Bonchev–Trinajstić information content (AvgIpc) is 2.43. The van der Waals surface area contributed by atoms with Crippen molar-refractivity contribution in [2.45, 2.75) is 58.4 Å². The van der Waals surface area contributed by atoms with Gasteiger partial charge in [0.05, 0.1) is 0 Å². The summed E-state index contributed by atoms with van der Waals surface area (Å²) in [6.07, 6.45) is 1.07. The van der Waals surface area contributed by atoms with E-state index in [4.69, 9.17) is 9.97 Å². The second kappa shape index (κ2) is 7.99. The van der Waals surface area contributed by atoms with Crippen molar-refractivity contribution >= 4 is 17.6 Å². The van der Waals surface area contributed by atoms with Crippen LogP contribution in [0.25, 0.3) is 0 Å². The van der Waals surface area contributed by atoms with E-state index in [0.29, 0.717) is 0 Å². The van der Waals surface area contributed by atoms with Crippen LogP contribution >= 0.6 is 11.8 Å². The number of anilines is 1. The highest BCUT2D eigenvalue weighted by molar-refractivity contribution is 7.99. The van der Waals surface area contributed by atoms with Crippen molar-refractivity contribution in [3.63, 3.8) is 0 Å². The first-order chi connectivity index (χ1) is 9.79. The Kier molecular flexibility index (Phi) is 6.94. The minimum atomic E-state index is -0.0751. The van der Waals surface area contributed by atoms with Gasteiger partial charge in [0, 0.05) is 29.9 Å². The summed E-state index contributed by atoms with van der Waals surface area (Å²) in [7, 11) is 0. The first kappa shape index (κ1) is 18.2. The molecule has 0 saturated carbocycles. The van der Waals surface area contributed by atoms with Gasteiger partial charge in [0.15, 0.2) is 0 Å². The molecular formula is C16H29N3OS.